The smallest absolute Gasteiger partial charge is 0.308 e. The van der Waals surface area contributed by atoms with Crippen LogP contribution in [0.15, 0.2) is 97.1 Å². The maximum Gasteiger partial charge on any atom is 0.308 e. The average molecular weight is 789 g/mol. The van der Waals surface area contributed by atoms with Gasteiger partial charge in [-0.05, 0) is 83.8 Å². The summed E-state index contributed by atoms with van der Waals surface area (Å²) in [4.78, 5) is 12.8. The van der Waals surface area contributed by atoms with Crippen LogP contribution >= 0.6 is 0 Å². The summed E-state index contributed by atoms with van der Waals surface area (Å²) in [5, 5.41) is 2.40. The zero-order valence-corrected chi connectivity index (χ0v) is 37.3. The Morgan fingerprint density at radius 1 is 0.818 bits per heavy atom. The zero-order chi connectivity index (χ0) is 40.3. The van der Waals surface area contributed by atoms with Gasteiger partial charge in [-0.1, -0.05) is 126 Å². The van der Waals surface area contributed by atoms with Crippen LogP contribution in [0.3, 0.4) is 0 Å². The fourth-order valence-corrected chi connectivity index (χ4v) is 13.4. The van der Waals surface area contributed by atoms with E-state index in [0.717, 1.165) is 29.7 Å². The number of hydrogen-bond donors (Lipinski definition) is 0. The SMILES string of the molecule is C=C1C[C@H](C[C@H](CC(=O)OCC)O[Si](C)(C)C(C)(C)C)O[C@H](C[C@H](CCO[Si](c2ccccc2)(c2ccccc2)C(C)(C)C)OCc2ccc(OC)cc2)C1. The van der Waals surface area contributed by atoms with Crippen molar-refractivity contribution >= 4 is 33.0 Å². The largest absolute Gasteiger partial charge is 0.497 e. The molecule has 4 atom stereocenters. The molecule has 0 spiro atoms. The molecule has 3 aromatic rings. The van der Waals surface area contributed by atoms with E-state index in [1.54, 1.807) is 7.11 Å². The van der Waals surface area contributed by atoms with Gasteiger partial charge in [0.25, 0.3) is 8.32 Å². The topological polar surface area (TPSA) is 72.5 Å². The molecular formula is C46H68O7Si2. The predicted molar refractivity (Wildman–Crippen MR) is 229 cm³/mol. The van der Waals surface area contributed by atoms with Crippen LogP contribution in [0.4, 0.5) is 0 Å². The quantitative estimate of drug-likeness (QED) is 0.0681. The first kappa shape index (κ1) is 44.7. The number of carbonyl (C=O) groups excluding carboxylic acids is 1. The van der Waals surface area contributed by atoms with Crippen LogP contribution in [-0.4, -0.2) is 67.3 Å². The highest BCUT2D eigenvalue weighted by atomic mass is 28.4. The molecule has 1 fully saturated rings. The fourth-order valence-electron chi connectivity index (χ4n) is 7.44. The first-order valence-electron chi connectivity index (χ1n) is 20.1. The monoisotopic (exact) mass is 788 g/mol. The molecule has 55 heavy (non-hydrogen) atoms. The first-order chi connectivity index (χ1) is 26.0. The van der Waals surface area contributed by atoms with Gasteiger partial charge >= 0.3 is 5.97 Å². The van der Waals surface area contributed by atoms with Gasteiger partial charge < -0.3 is 27.8 Å². The summed E-state index contributed by atoms with van der Waals surface area (Å²) >= 11 is 0. The Balaban J connectivity index is 1.56. The summed E-state index contributed by atoms with van der Waals surface area (Å²) in [7, 11) is -3.21. The van der Waals surface area contributed by atoms with Crippen molar-refractivity contribution in [3.63, 3.8) is 0 Å². The van der Waals surface area contributed by atoms with Gasteiger partial charge in [0.15, 0.2) is 8.32 Å². The number of carbonyl (C=O) groups is 1. The Labute approximate surface area is 334 Å². The summed E-state index contributed by atoms with van der Waals surface area (Å²) < 4.78 is 38.6. The second-order valence-electron chi connectivity index (χ2n) is 17.6. The van der Waals surface area contributed by atoms with Gasteiger partial charge in [-0.2, -0.15) is 0 Å². The van der Waals surface area contributed by atoms with Gasteiger partial charge in [-0.3, -0.25) is 4.79 Å². The minimum Gasteiger partial charge on any atom is -0.497 e. The van der Waals surface area contributed by atoms with E-state index in [4.69, 9.17) is 27.8 Å². The summed E-state index contributed by atoms with van der Waals surface area (Å²) in [5.41, 5.74) is 2.23. The highest BCUT2D eigenvalue weighted by Gasteiger charge is 2.50. The molecule has 0 unspecified atom stereocenters. The Morgan fingerprint density at radius 2 is 1.36 bits per heavy atom. The number of esters is 1. The molecule has 7 nitrogen and oxygen atoms in total. The molecule has 1 heterocycles. The lowest BCUT2D eigenvalue weighted by atomic mass is 9.92. The molecule has 4 rings (SSSR count). The number of hydrogen-bond acceptors (Lipinski definition) is 7. The molecule has 9 heteroatoms. The van der Waals surface area contributed by atoms with Crippen LogP contribution in [0.5, 0.6) is 5.75 Å². The number of methoxy groups -OCH3 is 1. The third-order valence-electron chi connectivity index (χ3n) is 11.3. The third kappa shape index (κ3) is 12.5. The summed E-state index contributed by atoms with van der Waals surface area (Å²) in [6.45, 7) is 25.7. The van der Waals surface area contributed by atoms with E-state index in [9.17, 15) is 4.79 Å². The minimum absolute atomic E-state index is 0.00440. The molecular weight excluding hydrogens is 721 g/mol. The molecule has 0 N–H and O–H groups in total. The normalized spacial score (nSPS) is 18.1. The average Bonchev–Trinajstić information content (AvgIpc) is 3.12. The van der Waals surface area contributed by atoms with Crippen molar-refractivity contribution in [2.45, 2.75) is 141 Å². The molecule has 0 amide bonds. The molecule has 3 aromatic carbocycles. The second kappa shape index (κ2) is 19.9. The lowest BCUT2D eigenvalue weighted by Crippen LogP contribution is -2.66. The number of ether oxygens (including phenoxy) is 4. The van der Waals surface area contributed by atoms with E-state index < -0.39 is 16.6 Å². The van der Waals surface area contributed by atoms with Crippen molar-refractivity contribution in [2.24, 2.45) is 0 Å². The van der Waals surface area contributed by atoms with Crippen LogP contribution in [-0.2, 0) is 34.5 Å². The van der Waals surface area contributed by atoms with E-state index in [1.807, 2.05) is 19.1 Å². The molecule has 1 aliphatic heterocycles. The molecule has 0 aliphatic carbocycles. The van der Waals surface area contributed by atoms with Gasteiger partial charge in [-0.25, -0.2) is 0 Å². The first-order valence-corrected chi connectivity index (χ1v) is 24.9. The summed E-state index contributed by atoms with van der Waals surface area (Å²) in [5.74, 6) is 0.586. The van der Waals surface area contributed by atoms with E-state index in [2.05, 4.69) is 134 Å². The molecule has 0 saturated carbocycles. The van der Waals surface area contributed by atoms with E-state index in [0.29, 0.717) is 39.1 Å². The van der Waals surface area contributed by atoms with Gasteiger partial charge in [0, 0.05) is 13.0 Å². The van der Waals surface area contributed by atoms with Crippen molar-refractivity contribution < 1.29 is 32.6 Å². The fraction of sp³-hybridized carbons (Fsp3) is 0.543. The Hall–Kier alpha value is -3.06. The van der Waals surface area contributed by atoms with Gasteiger partial charge in [-0.15, -0.1) is 0 Å². The molecule has 0 aromatic heterocycles. The standard InChI is InChI=1S/C46H68O7Si2/c1-12-49-44(47)33-41(53-54(10,11)45(3,4)5)32-40-30-35(2)29-39(52-40)31-38(50-34-36-23-25-37(48-9)26-24-36)27-28-51-55(46(6,7)8,42-19-15-13-16-20-42)43-21-17-14-18-22-43/h13-26,38-41H,2,12,27-34H2,1,3-11H3/t38-,39-,40+,41+/m0/s1. The summed E-state index contributed by atoms with van der Waals surface area (Å²) in [6.07, 6.45) is 3.10. The molecule has 302 valence electrons. The van der Waals surface area contributed by atoms with Crippen LogP contribution in [0.25, 0.3) is 0 Å². The Morgan fingerprint density at radius 3 is 1.85 bits per heavy atom. The van der Waals surface area contributed by atoms with Crippen LogP contribution in [0.1, 0.15) is 92.6 Å². The zero-order valence-electron chi connectivity index (χ0n) is 35.3. The highest BCUT2D eigenvalue weighted by Crippen LogP contribution is 2.40. The molecule has 0 bridgehead atoms. The molecule has 1 aliphatic rings. The Bertz CT molecular complexity index is 1570. The van der Waals surface area contributed by atoms with Crippen molar-refractivity contribution in [1.82, 2.24) is 0 Å². The van der Waals surface area contributed by atoms with Crippen molar-refractivity contribution in [2.75, 3.05) is 20.3 Å². The second-order valence-corrected chi connectivity index (χ2v) is 26.7. The van der Waals surface area contributed by atoms with Gasteiger partial charge in [0.1, 0.15) is 5.75 Å². The lowest BCUT2D eigenvalue weighted by Gasteiger charge is -2.43. The van der Waals surface area contributed by atoms with E-state index in [-0.39, 0.29) is 46.9 Å². The van der Waals surface area contributed by atoms with Crippen molar-refractivity contribution in [1.29, 1.82) is 0 Å². The van der Waals surface area contributed by atoms with Crippen LogP contribution in [0.2, 0.25) is 23.2 Å². The lowest BCUT2D eigenvalue weighted by molar-refractivity contribution is -0.146. The number of rotatable bonds is 19. The predicted octanol–water partition coefficient (Wildman–Crippen LogP) is 9.77. The van der Waals surface area contributed by atoms with Crippen LogP contribution < -0.4 is 15.1 Å². The van der Waals surface area contributed by atoms with Crippen molar-refractivity contribution in [3.8, 4) is 5.75 Å². The van der Waals surface area contributed by atoms with Crippen molar-refractivity contribution in [3.05, 3.63) is 103 Å². The maximum absolute atomic E-state index is 12.8. The van der Waals surface area contributed by atoms with E-state index in [1.165, 1.54) is 10.4 Å². The van der Waals surface area contributed by atoms with Gasteiger partial charge in [0.2, 0.25) is 0 Å². The molecule has 1 saturated heterocycles. The summed E-state index contributed by atoms with van der Waals surface area (Å²) in [6, 6.07) is 29.6. The number of benzene rings is 3. The van der Waals surface area contributed by atoms with Crippen LogP contribution in [0, 0.1) is 0 Å². The third-order valence-corrected chi connectivity index (χ3v) is 20.8. The van der Waals surface area contributed by atoms with Gasteiger partial charge in [0.05, 0.1) is 51.2 Å². The maximum atomic E-state index is 12.8. The Kier molecular flexibility index (Phi) is 16.1. The molecule has 0 radical (unpaired) electrons. The van der Waals surface area contributed by atoms with E-state index >= 15 is 0 Å². The highest BCUT2D eigenvalue weighted by molar-refractivity contribution is 6.99. The minimum atomic E-state index is -2.72.